The predicted molar refractivity (Wildman–Crippen MR) is 69.3 cm³/mol. The van der Waals surface area contributed by atoms with Crippen molar-refractivity contribution in [1.82, 2.24) is 4.98 Å². The molecule has 0 aliphatic rings. The number of fused-ring (bicyclic) bond motifs is 1. The van der Waals surface area contributed by atoms with E-state index in [1.807, 2.05) is 24.3 Å². The Hall–Kier alpha value is -1.94. The van der Waals surface area contributed by atoms with Crippen LogP contribution in [0.1, 0.15) is 0 Å². The molecule has 0 saturated carbocycles. The number of hydrogen-bond acceptors (Lipinski definition) is 3. The maximum Gasteiger partial charge on any atom is 0.188 e. The molecule has 0 fully saturated rings. The zero-order valence-corrected chi connectivity index (χ0v) is 9.67. The van der Waals surface area contributed by atoms with Crippen LogP contribution in [-0.2, 0) is 0 Å². The van der Waals surface area contributed by atoms with Crippen molar-refractivity contribution in [3.8, 4) is 0 Å². The second-order valence-corrected chi connectivity index (χ2v) is 4.62. The molecule has 2 aromatic carbocycles. The number of hydrogen-bond donors (Lipinski definition) is 1. The number of para-hydroxylation sites is 2. The van der Waals surface area contributed by atoms with Crippen LogP contribution < -0.4 is 5.32 Å². The summed E-state index contributed by atoms with van der Waals surface area (Å²) in [6.45, 7) is 0. The number of aromatic nitrogens is 1. The van der Waals surface area contributed by atoms with Crippen LogP contribution in [0.25, 0.3) is 10.2 Å². The van der Waals surface area contributed by atoms with Gasteiger partial charge in [-0.2, -0.15) is 0 Å². The van der Waals surface area contributed by atoms with E-state index in [-0.39, 0.29) is 5.82 Å². The lowest BCUT2D eigenvalue weighted by Gasteiger charge is -2.02. The van der Waals surface area contributed by atoms with Crippen LogP contribution in [0.2, 0.25) is 0 Å². The Balaban J connectivity index is 1.98. The van der Waals surface area contributed by atoms with Crippen molar-refractivity contribution in [2.24, 2.45) is 0 Å². The van der Waals surface area contributed by atoms with Crippen LogP contribution in [-0.4, -0.2) is 4.98 Å². The van der Waals surface area contributed by atoms with Crippen molar-refractivity contribution >= 4 is 32.4 Å². The fourth-order valence-corrected chi connectivity index (χ4v) is 2.48. The lowest BCUT2D eigenvalue weighted by atomic mass is 10.3. The topological polar surface area (TPSA) is 24.9 Å². The van der Waals surface area contributed by atoms with Crippen LogP contribution >= 0.6 is 11.3 Å². The number of thiazole rings is 1. The van der Waals surface area contributed by atoms with Crippen LogP contribution in [0.5, 0.6) is 0 Å². The van der Waals surface area contributed by atoms with Crippen molar-refractivity contribution in [2.45, 2.75) is 0 Å². The third-order valence-electron chi connectivity index (χ3n) is 2.41. The smallest absolute Gasteiger partial charge is 0.188 e. The first-order valence-corrected chi connectivity index (χ1v) is 6.02. The van der Waals surface area contributed by atoms with E-state index >= 15 is 0 Å². The van der Waals surface area contributed by atoms with Gasteiger partial charge in [0, 0.05) is 0 Å². The quantitative estimate of drug-likeness (QED) is 0.731. The molecular weight excluding hydrogens is 235 g/mol. The first-order chi connectivity index (χ1) is 8.33. The largest absolute Gasteiger partial charge is 0.329 e. The molecule has 17 heavy (non-hydrogen) atoms. The zero-order valence-electron chi connectivity index (χ0n) is 8.85. The highest BCUT2D eigenvalue weighted by Crippen LogP contribution is 2.28. The SMILES string of the molecule is Fc1ccccc1Nc1nc2ccccc2s1. The summed E-state index contributed by atoms with van der Waals surface area (Å²) in [5.41, 5.74) is 1.38. The normalized spacial score (nSPS) is 10.6. The average molecular weight is 244 g/mol. The molecule has 0 bridgehead atoms. The number of nitrogens with zero attached hydrogens (tertiary/aromatic N) is 1. The van der Waals surface area contributed by atoms with Gasteiger partial charge in [-0.3, -0.25) is 0 Å². The second kappa shape index (κ2) is 4.14. The molecule has 0 spiro atoms. The summed E-state index contributed by atoms with van der Waals surface area (Å²) in [4.78, 5) is 4.39. The van der Waals surface area contributed by atoms with E-state index < -0.39 is 0 Å². The van der Waals surface area contributed by atoms with Crippen molar-refractivity contribution in [3.05, 3.63) is 54.3 Å². The maximum atomic E-state index is 13.4. The van der Waals surface area contributed by atoms with Crippen LogP contribution in [0.3, 0.4) is 0 Å². The Morgan fingerprint density at radius 2 is 1.76 bits per heavy atom. The van der Waals surface area contributed by atoms with E-state index in [1.165, 1.54) is 17.4 Å². The van der Waals surface area contributed by atoms with Gasteiger partial charge in [0.2, 0.25) is 0 Å². The molecule has 4 heteroatoms. The molecule has 0 aliphatic heterocycles. The highest BCUT2D eigenvalue weighted by Gasteiger charge is 2.05. The van der Waals surface area contributed by atoms with E-state index in [9.17, 15) is 4.39 Å². The van der Waals surface area contributed by atoms with Gasteiger partial charge < -0.3 is 5.32 Å². The van der Waals surface area contributed by atoms with Gasteiger partial charge in [-0.1, -0.05) is 35.6 Å². The number of benzene rings is 2. The Kier molecular flexibility index (Phi) is 2.49. The van der Waals surface area contributed by atoms with Gasteiger partial charge in [0.25, 0.3) is 0 Å². The molecule has 84 valence electrons. The van der Waals surface area contributed by atoms with Gasteiger partial charge in [-0.15, -0.1) is 0 Å². The Labute approximate surface area is 102 Å². The first kappa shape index (κ1) is 10.2. The van der Waals surface area contributed by atoms with E-state index in [0.717, 1.165) is 10.2 Å². The second-order valence-electron chi connectivity index (χ2n) is 3.59. The molecule has 0 radical (unpaired) electrons. The lowest BCUT2D eigenvalue weighted by molar-refractivity contribution is 0.632. The highest BCUT2D eigenvalue weighted by atomic mass is 32.1. The molecule has 0 saturated heterocycles. The molecule has 1 aromatic heterocycles. The minimum Gasteiger partial charge on any atom is -0.329 e. The van der Waals surface area contributed by atoms with Crippen molar-refractivity contribution in [1.29, 1.82) is 0 Å². The molecule has 3 aromatic rings. The molecule has 0 atom stereocenters. The van der Waals surface area contributed by atoms with Crippen molar-refractivity contribution in [3.63, 3.8) is 0 Å². The van der Waals surface area contributed by atoms with E-state index in [2.05, 4.69) is 10.3 Å². The Morgan fingerprint density at radius 3 is 2.59 bits per heavy atom. The highest BCUT2D eigenvalue weighted by molar-refractivity contribution is 7.22. The van der Waals surface area contributed by atoms with Gasteiger partial charge in [-0.05, 0) is 24.3 Å². The Bertz CT molecular complexity index is 630. The third-order valence-corrected chi connectivity index (χ3v) is 3.36. The fraction of sp³-hybridized carbons (Fsp3) is 0. The number of halogens is 1. The monoisotopic (exact) mass is 244 g/mol. The third kappa shape index (κ3) is 1.99. The van der Waals surface area contributed by atoms with Crippen molar-refractivity contribution < 1.29 is 4.39 Å². The van der Waals surface area contributed by atoms with Crippen LogP contribution in [0.4, 0.5) is 15.2 Å². The fourth-order valence-electron chi connectivity index (χ4n) is 1.60. The summed E-state index contributed by atoms with van der Waals surface area (Å²) in [7, 11) is 0. The Morgan fingerprint density at radius 1 is 1.00 bits per heavy atom. The predicted octanol–water partition coefficient (Wildman–Crippen LogP) is 4.18. The molecule has 0 amide bonds. The van der Waals surface area contributed by atoms with Gasteiger partial charge in [0.05, 0.1) is 15.9 Å². The molecular formula is C13H9FN2S. The lowest BCUT2D eigenvalue weighted by Crippen LogP contribution is -1.91. The summed E-state index contributed by atoms with van der Waals surface area (Å²) in [5, 5.41) is 3.70. The summed E-state index contributed by atoms with van der Waals surface area (Å²) < 4.78 is 14.5. The molecule has 3 rings (SSSR count). The number of anilines is 2. The number of nitrogens with one attached hydrogen (secondary N) is 1. The average Bonchev–Trinajstić information content (AvgIpc) is 2.74. The van der Waals surface area contributed by atoms with Gasteiger partial charge in [0.15, 0.2) is 5.13 Å². The summed E-state index contributed by atoms with van der Waals surface area (Å²) >= 11 is 1.51. The molecule has 2 nitrogen and oxygen atoms in total. The van der Waals surface area contributed by atoms with Crippen LogP contribution in [0, 0.1) is 5.82 Å². The maximum absolute atomic E-state index is 13.4. The van der Waals surface area contributed by atoms with Gasteiger partial charge in [0.1, 0.15) is 5.82 Å². The molecule has 1 heterocycles. The van der Waals surface area contributed by atoms with E-state index in [0.29, 0.717) is 10.8 Å². The summed E-state index contributed by atoms with van der Waals surface area (Å²) in [5.74, 6) is -0.272. The van der Waals surface area contributed by atoms with Crippen molar-refractivity contribution in [2.75, 3.05) is 5.32 Å². The molecule has 0 unspecified atom stereocenters. The van der Waals surface area contributed by atoms with E-state index in [4.69, 9.17) is 0 Å². The molecule has 1 N–H and O–H groups in total. The van der Waals surface area contributed by atoms with Gasteiger partial charge in [-0.25, -0.2) is 9.37 Å². The number of rotatable bonds is 2. The van der Waals surface area contributed by atoms with Crippen LogP contribution in [0.15, 0.2) is 48.5 Å². The standard InChI is InChI=1S/C13H9FN2S/c14-9-5-1-2-6-10(9)15-13-16-11-7-3-4-8-12(11)17-13/h1-8H,(H,15,16). The first-order valence-electron chi connectivity index (χ1n) is 5.20. The molecule has 0 aliphatic carbocycles. The summed E-state index contributed by atoms with van der Waals surface area (Å²) in [6.07, 6.45) is 0. The van der Waals surface area contributed by atoms with Gasteiger partial charge >= 0.3 is 0 Å². The zero-order chi connectivity index (χ0) is 11.7. The minimum atomic E-state index is -0.272. The summed E-state index contributed by atoms with van der Waals surface area (Å²) in [6, 6.07) is 14.4. The van der Waals surface area contributed by atoms with E-state index in [1.54, 1.807) is 18.2 Å². The minimum absolute atomic E-state index is 0.272.